The monoisotopic (exact) mass is 358 g/mol. The van der Waals surface area contributed by atoms with E-state index in [-0.39, 0.29) is 18.0 Å². The van der Waals surface area contributed by atoms with Gasteiger partial charge in [0, 0.05) is 29.3 Å². The van der Waals surface area contributed by atoms with Crippen LogP contribution in [0.25, 0.3) is 0 Å². The molecule has 1 aromatic carbocycles. The van der Waals surface area contributed by atoms with E-state index in [9.17, 15) is 9.18 Å². The number of halogens is 2. The van der Waals surface area contributed by atoms with Crippen LogP contribution in [0.15, 0.2) is 22.7 Å². The summed E-state index contributed by atoms with van der Waals surface area (Å²) in [6.07, 6.45) is 0.549. The number of hydrogen-bond acceptors (Lipinski definition) is 3. The highest BCUT2D eigenvalue weighted by molar-refractivity contribution is 9.10. The molecule has 0 bridgehead atoms. The van der Waals surface area contributed by atoms with Gasteiger partial charge in [0.1, 0.15) is 11.4 Å². The molecular weight excluding hydrogens is 339 g/mol. The van der Waals surface area contributed by atoms with Crippen molar-refractivity contribution in [3.05, 3.63) is 28.5 Å². The minimum atomic E-state index is -0.484. The molecule has 0 spiro atoms. The Hall–Kier alpha value is -1.30. The van der Waals surface area contributed by atoms with Crippen LogP contribution in [-0.4, -0.2) is 35.7 Å². The van der Waals surface area contributed by atoms with E-state index in [1.807, 2.05) is 20.8 Å². The molecule has 1 N–H and O–H groups in total. The van der Waals surface area contributed by atoms with E-state index < -0.39 is 5.60 Å². The lowest BCUT2D eigenvalue weighted by Gasteiger charge is -2.24. The van der Waals surface area contributed by atoms with Gasteiger partial charge in [0.15, 0.2) is 0 Å². The van der Waals surface area contributed by atoms with Crippen molar-refractivity contribution in [1.29, 1.82) is 0 Å². The van der Waals surface area contributed by atoms with E-state index in [1.54, 1.807) is 11.0 Å². The number of carbonyl (C=O) groups excluding carboxylic acids is 1. The van der Waals surface area contributed by atoms with Gasteiger partial charge >= 0.3 is 6.09 Å². The number of rotatable bonds is 2. The van der Waals surface area contributed by atoms with Gasteiger partial charge in [-0.2, -0.15) is 0 Å². The zero-order valence-corrected chi connectivity index (χ0v) is 14.0. The molecule has 2 rings (SSSR count). The number of ether oxygens (including phenoxy) is 1. The predicted octanol–water partition coefficient (Wildman–Crippen LogP) is 4.01. The number of hydrogen-bond donors (Lipinski definition) is 1. The Balaban J connectivity index is 1.92. The van der Waals surface area contributed by atoms with Gasteiger partial charge < -0.3 is 15.0 Å². The molecule has 1 unspecified atom stereocenters. The third kappa shape index (κ3) is 4.59. The summed E-state index contributed by atoms with van der Waals surface area (Å²) in [4.78, 5) is 13.7. The first-order chi connectivity index (χ1) is 9.74. The molecule has 1 aromatic rings. The molecule has 6 heteroatoms. The lowest BCUT2D eigenvalue weighted by molar-refractivity contribution is 0.0293. The summed E-state index contributed by atoms with van der Waals surface area (Å²) >= 11 is 3.33. The van der Waals surface area contributed by atoms with E-state index in [4.69, 9.17) is 4.74 Å². The zero-order valence-electron chi connectivity index (χ0n) is 12.5. The van der Waals surface area contributed by atoms with E-state index in [1.165, 1.54) is 12.1 Å². The predicted molar refractivity (Wildman–Crippen MR) is 83.9 cm³/mol. The maximum atomic E-state index is 13.1. The van der Waals surface area contributed by atoms with Crippen LogP contribution in [0.3, 0.4) is 0 Å². The highest BCUT2D eigenvalue weighted by atomic mass is 79.9. The van der Waals surface area contributed by atoms with Gasteiger partial charge in [0.25, 0.3) is 0 Å². The normalized spacial score (nSPS) is 18.7. The van der Waals surface area contributed by atoms with Crippen molar-refractivity contribution in [1.82, 2.24) is 4.90 Å². The number of nitrogens with one attached hydrogen (secondary N) is 1. The first kappa shape index (κ1) is 16.1. The highest BCUT2D eigenvalue weighted by Crippen LogP contribution is 2.26. The largest absolute Gasteiger partial charge is 0.444 e. The fourth-order valence-corrected chi connectivity index (χ4v) is 2.66. The highest BCUT2D eigenvalue weighted by Gasteiger charge is 2.29. The van der Waals surface area contributed by atoms with Crippen LogP contribution in [-0.2, 0) is 4.74 Å². The smallest absolute Gasteiger partial charge is 0.410 e. The zero-order chi connectivity index (χ0) is 15.6. The van der Waals surface area contributed by atoms with Crippen LogP contribution >= 0.6 is 15.9 Å². The number of carbonyl (C=O) groups is 1. The number of amides is 1. The van der Waals surface area contributed by atoms with Crippen molar-refractivity contribution in [3.8, 4) is 0 Å². The molecular formula is C15H20BrFN2O2. The summed E-state index contributed by atoms with van der Waals surface area (Å²) in [5.74, 6) is -0.283. The molecule has 4 nitrogen and oxygen atoms in total. The standard InChI is InChI=1S/C15H20BrFN2O2/c1-15(2,3)21-14(20)19-7-6-11(9-19)18-13-5-4-10(17)8-12(13)16/h4-5,8,11,18H,6-7,9H2,1-3H3. The average Bonchev–Trinajstić information content (AvgIpc) is 2.79. The van der Waals surface area contributed by atoms with Crippen molar-refractivity contribution in [3.63, 3.8) is 0 Å². The van der Waals surface area contributed by atoms with Gasteiger partial charge in [-0.1, -0.05) is 0 Å². The van der Waals surface area contributed by atoms with E-state index in [2.05, 4.69) is 21.2 Å². The minimum absolute atomic E-state index is 0.138. The topological polar surface area (TPSA) is 41.6 Å². The summed E-state index contributed by atoms with van der Waals surface area (Å²) in [7, 11) is 0. The van der Waals surface area contributed by atoms with Crippen molar-refractivity contribution in [2.45, 2.75) is 38.8 Å². The van der Waals surface area contributed by atoms with Crippen molar-refractivity contribution < 1.29 is 13.9 Å². The van der Waals surface area contributed by atoms with Gasteiger partial charge in [-0.3, -0.25) is 0 Å². The fourth-order valence-electron chi connectivity index (χ4n) is 2.20. The minimum Gasteiger partial charge on any atom is -0.444 e. The molecule has 0 aromatic heterocycles. The first-order valence-corrected chi connectivity index (χ1v) is 7.73. The van der Waals surface area contributed by atoms with Crippen LogP contribution in [0.2, 0.25) is 0 Å². The molecule has 1 amide bonds. The number of benzene rings is 1. The molecule has 1 saturated heterocycles. The molecule has 0 saturated carbocycles. The molecule has 0 radical (unpaired) electrons. The second-order valence-electron chi connectivity index (χ2n) is 6.18. The van der Waals surface area contributed by atoms with E-state index >= 15 is 0 Å². The maximum Gasteiger partial charge on any atom is 0.410 e. The average molecular weight is 359 g/mol. The van der Waals surface area contributed by atoms with Crippen molar-refractivity contribution >= 4 is 27.7 Å². The molecule has 116 valence electrons. The van der Waals surface area contributed by atoms with E-state index in [0.29, 0.717) is 17.6 Å². The quantitative estimate of drug-likeness (QED) is 0.868. The summed E-state index contributed by atoms with van der Waals surface area (Å²) in [6, 6.07) is 4.66. The second kappa shape index (κ2) is 6.22. The molecule has 1 heterocycles. The van der Waals surface area contributed by atoms with E-state index in [0.717, 1.165) is 12.1 Å². The Morgan fingerprint density at radius 2 is 2.19 bits per heavy atom. The van der Waals surface area contributed by atoms with Gasteiger partial charge in [-0.25, -0.2) is 9.18 Å². The fraction of sp³-hybridized carbons (Fsp3) is 0.533. The Bertz CT molecular complexity index is 531. The molecule has 21 heavy (non-hydrogen) atoms. The Morgan fingerprint density at radius 1 is 1.48 bits per heavy atom. The second-order valence-corrected chi connectivity index (χ2v) is 7.03. The van der Waals surface area contributed by atoms with Crippen LogP contribution in [0.1, 0.15) is 27.2 Å². The Kier molecular flexibility index (Phi) is 4.76. The SMILES string of the molecule is CC(C)(C)OC(=O)N1CCC(Nc2ccc(F)cc2Br)C1. The van der Waals surface area contributed by atoms with Crippen molar-refractivity contribution in [2.75, 3.05) is 18.4 Å². The number of anilines is 1. The summed E-state index contributed by atoms with van der Waals surface area (Å²) < 4.78 is 19.1. The molecule has 1 fully saturated rings. The third-order valence-corrected chi connectivity index (χ3v) is 3.79. The van der Waals surface area contributed by atoms with Gasteiger partial charge in [-0.05, 0) is 61.3 Å². The molecule has 0 aliphatic carbocycles. The molecule has 1 atom stereocenters. The molecule has 1 aliphatic rings. The summed E-state index contributed by atoms with van der Waals surface area (Å²) in [5.41, 5.74) is 0.343. The van der Waals surface area contributed by atoms with Gasteiger partial charge in [0.2, 0.25) is 0 Å². The first-order valence-electron chi connectivity index (χ1n) is 6.94. The maximum absolute atomic E-state index is 13.1. The lowest BCUT2D eigenvalue weighted by atomic mass is 10.2. The Morgan fingerprint density at radius 3 is 2.81 bits per heavy atom. The van der Waals surface area contributed by atoms with Gasteiger partial charge in [-0.15, -0.1) is 0 Å². The van der Waals surface area contributed by atoms with Crippen LogP contribution in [0.5, 0.6) is 0 Å². The number of likely N-dealkylation sites (tertiary alicyclic amines) is 1. The van der Waals surface area contributed by atoms with Crippen LogP contribution in [0.4, 0.5) is 14.9 Å². The summed E-state index contributed by atoms with van der Waals surface area (Å²) in [6.45, 7) is 6.80. The summed E-state index contributed by atoms with van der Waals surface area (Å²) in [5, 5.41) is 3.32. The number of nitrogens with zero attached hydrogens (tertiary/aromatic N) is 1. The van der Waals surface area contributed by atoms with Crippen LogP contribution < -0.4 is 5.32 Å². The lowest BCUT2D eigenvalue weighted by Crippen LogP contribution is -2.36. The Labute approximate surface area is 132 Å². The third-order valence-electron chi connectivity index (χ3n) is 3.13. The van der Waals surface area contributed by atoms with Gasteiger partial charge in [0.05, 0.1) is 0 Å². The molecule has 1 aliphatic heterocycles. The van der Waals surface area contributed by atoms with Crippen molar-refractivity contribution in [2.24, 2.45) is 0 Å². The van der Waals surface area contributed by atoms with Crippen LogP contribution in [0, 0.1) is 5.82 Å².